The molecule has 4 fully saturated rings. The molecule has 0 atom stereocenters. The molecule has 0 amide bonds. The third-order valence-corrected chi connectivity index (χ3v) is 6.11. The number of hydrogen-bond acceptors (Lipinski definition) is 4. The Kier molecular flexibility index (Phi) is 3.43. The minimum Gasteiger partial charge on any atom is -0.454 e. The number of ketones is 1. The number of benzene rings is 1. The van der Waals surface area contributed by atoms with Crippen molar-refractivity contribution in [2.45, 2.75) is 38.5 Å². The Morgan fingerprint density at radius 3 is 2.04 bits per heavy atom. The second-order valence-electron chi connectivity index (χ2n) is 7.82. The van der Waals surface area contributed by atoms with Gasteiger partial charge in [-0.3, -0.25) is 4.79 Å². The highest BCUT2D eigenvalue weighted by atomic mass is 16.5. The zero-order valence-corrected chi connectivity index (χ0v) is 13.3. The van der Waals surface area contributed by atoms with Gasteiger partial charge in [0, 0.05) is 11.1 Å². The molecule has 0 aliphatic heterocycles. The molecule has 1 aromatic rings. The van der Waals surface area contributed by atoms with Crippen molar-refractivity contribution < 1.29 is 14.3 Å². The van der Waals surface area contributed by atoms with Crippen molar-refractivity contribution in [1.29, 1.82) is 0 Å². The highest BCUT2D eigenvalue weighted by Crippen LogP contribution is 2.60. The Morgan fingerprint density at radius 2 is 1.52 bits per heavy atom. The van der Waals surface area contributed by atoms with Gasteiger partial charge in [-0.1, -0.05) is 0 Å². The normalized spacial score (nSPS) is 34.3. The van der Waals surface area contributed by atoms with Gasteiger partial charge in [0.05, 0.1) is 5.56 Å². The van der Waals surface area contributed by atoms with Gasteiger partial charge in [0.25, 0.3) is 0 Å². The molecule has 4 nitrogen and oxygen atoms in total. The van der Waals surface area contributed by atoms with Crippen LogP contribution in [0.3, 0.4) is 0 Å². The standard InChI is InChI=1S/C19H23NO3/c20-16-3-1-15(2-4-16)18(22)23-11-17(21)19-8-12-5-13(9-19)7-14(6-12)10-19/h1-4,12-14H,5-11,20H2. The lowest BCUT2D eigenvalue weighted by atomic mass is 9.48. The lowest BCUT2D eigenvalue weighted by molar-refractivity contribution is -0.147. The van der Waals surface area contributed by atoms with Crippen LogP contribution in [0.25, 0.3) is 0 Å². The number of carbonyl (C=O) groups excluding carboxylic acids is 2. The summed E-state index contributed by atoms with van der Waals surface area (Å²) in [6.07, 6.45) is 6.94. The Hall–Kier alpha value is -1.84. The summed E-state index contributed by atoms with van der Waals surface area (Å²) in [4.78, 5) is 24.9. The molecule has 23 heavy (non-hydrogen) atoms. The molecule has 4 saturated carbocycles. The van der Waals surface area contributed by atoms with Gasteiger partial charge >= 0.3 is 5.97 Å². The van der Waals surface area contributed by atoms with Crippen LogP contribution < -0.4 is 5.73 Å². The van der Waals surface area contributed by atoms with Gasteiger partial charge in [0.15, 0.2) is 12.4 Å². The molecule has 122 valence electrons. The van der Waals surface area contributed by atoms with Crippen molar-refractivity contribution in [1.82, 2.24) is 0 Å². The number of nitrogens with two attached hydrogens (primary N) is 1. The largest absolute Gasteiger partial charge is 0.454 e. The summed E-state index contributed by atoms with van der Waals surface area (Å²) >= 11 is 0. The predicted octanol–water partition coefficient (Wildman–Crippen LogP) is 3.21. The summed E-state index contributed by atoms with van der Waals surface area (Å²) in [6.45, 7) is -0.0879. The highest BCUT2D eigenvalue weighted by Gasteiger charge is 2.54. The molecule has 0 heterocycles. The minimum absolute atomic E-state index is 0.0879. The van der Waals surface area contributed by atoms with Crippen LogP contribution >= 0.6 is 0 Å². The van der Waals surface area contributed by atoms with E-state index in [1.807, 2.05) is 0 Å². The SMILES string of the molecule is Nc1ccc(C(=O)OCC(=O)C23CC4CC(CC(C4)C2)C3)cc1. The van der Waals surface area contributed by atoms with Crippen LogP contribution in [0.15, 0.2) is 24.3 Å². The van der Waals surface area contributed by atoms with E-state index in [-0.39, 0.29) is 17.8 Å². The van der Waals surface area contributed by atoms with E-state index in [1.165, 1.54) is 19.3 Å². The first kappa shape index (κ1) is 14.7. The van der Waals surface area contributed by atoms with E-state index in [2.05, 4.69) is 0 Å². The van der Waals surface area contributed by atoms with E-state index in [1.54, 1.807) is 24.3 Å². The van der Waals surface area contributed by atoms with Crippen LogP contribution in [-0.2, 0) is 9.53 Å². The molecule has 0 radical (unpaired) electrons. The summed E-state index contributed by atoms with van der Waals surface area (Å²) in [5, 5.41) is 0. The van der Waals surface area contributed by atoms with Gasteiger partial charge < -0.3 is 10.5 Å². The van der Waals surface area contributed by atoms with Crippen molar-refractivity contribution in [3.05, 3.63) is 29.8 Å². The summed E-state index contributed by atoms with van der Waals surface area (Å²) in [7, 11) is 0. The van der Waals surface area contributed by atoms with E-state index in [0.717, 1.165) is 37.0 Å². The van der Waals surface area contributed by atoms with Crippen molar-refractivity contribution >= 4 is 17.4 Å². The zero-order valence-electron chi connectivity index (χ0n) is 13.3. The number of ether oxygens (including phenoxy) is 1. The van der Waals surface area contributed by atoms with Crippen LogP contribution in [0.5, 0.6) is 0 Å². The maximum Gasteiger partial charge on any atom is 0.338 e. The fraction of sp³-hybridized carbons (Fsp3) is 0.579. The monoisotopic (exact) mass is 313 g/mol. The van der Waals surface area contributed by atoms with Crippen LogP contribution in [0.2, 0.25) is 0 Å². The Morgan fingerprint density at radius 1 is 1.00 bits per heavy atom. The lowest BCUT2D eigenvalue weighted by Gasteiger charge is -2.55. The Bertz CT molecular complexity index is 599. The van der Waals surface area contributed by atoms with Gasteiger partial charge in [0.1, 0.15) is 0 Å². The average molecular weight is 313 g/mol. The molecule has 4 aliphatic carbocycles. The third-order valence-electron chi connectivity index (χ3n) is 6.11. The topological polar surface area (TPSA) is 69.4 Å². The van der Waals surface area contributed by atoms with E-state index >= 15 is 0 Å². The average Bonchev–Trinajstić information content (AvgIpc) is 2.51. The van der Waals surface area contributed by atoms with Crippen molar-refractivity contribution in [3.63, 3.8) is 0 Å². The second kappa shape index (κ2) is 5.36. The molecule has 4 aliphatic rings. The van der Waals surface area contributed by atoms with E-state index in [4.69, 9.17) is 10.5 Å². The van der Waals surface area contributed by atoms with E-state index in [0.29, 0.717) is 11.3 Å². The zero-order chi connectivity index (χ0) is 16.0. The summed E-state index contributed by atoms with van der Waals surface area (Å²) in [5.41, 5.74) is 6.46. The van der Waals surface area contributed by atoms with Gasteiger partial charge in [-0.25, -0.2) is 4.79 Å². The summed E-state index contributed by atoms with van der Waals surface area (Å²) in [5.74, 6) is 1.86. The van der Waals surface area contributed by atoms with Crippen LogP contribution in [0, 0.1) is 23.2 Å². The number of rotatable bonds is 4. The fourth-order valence-electron chi connectivity index (χ4n) is 5.44. The maximum atomic E-state index is 12.8. The number of anilines is 1. The smallest absolute Gasteiger partial charge is 0.338 e. The maximum absolute atomic E-state index is 12.8. The molecule has 4 heteroatoms. The lowest BCUT2D eigenvalue weighted by Crippen LogP contribution is -2.51. The van der Waals surface area contributed by atoms with Gasteiger partial charge in [-0.05, 0) is 80.5 Å². The van der Waals surface area contributed by atoms with Gasteiger partial charge in [0.2, 0.25) is 0 Å². The molecule has 5 rings (SSSR count). The van der Waals surface area contributed by atoms with Gasteiger partial charge in [-0.2, -0.15) is 0 Å². The number of hydrogen-bond donors (Lipinski definition) is 1. The molecular formula is C19H23NO3. The number of nitrogen functional groups attached to an aromatic ring is 1. The number of carbonyl (C=O) groups is 2. The molecule has 2 N–H and O–H groups in total. The van der Waals surface area contributed by atoms with Crippen LogP contribution in [0.1, 0.15) is 48.9 Å². The van der Waals surface area contributed by atoms with Crippen LogP contribution in [0.4, 0.5) is 5.69 Å². The molecule has 0 saturated heterocycles. The predicted molar refractivity (Wildman–Crippen MR) is 86.7 cm³/mol. The van der Waals surface area contributed by atoms with Crippen molar-refractivity contribution in [3.8, 4) is 0 Å². The molecule has 0 aromatic heterocycles. The van der Waals surface area contributed by atoms with E-state index in [9.17, 15) is 9.59 Å². The Labute approximate surface area is 136 Å². The molecular weight excluding hydrogens is 290 g/mol. The fourth-order valence-corrected chi connectivity index (χ4v) is 5.44. The third kappa shape index (κ3) is 2.64. The van der Waals surface area contributed by atoms with E-state index < -0.39 is 5.97 Å². The Balaban J connectivity index is 1.40. The first-order valence-corrected chi connectivity index (χ1v) is 8.60. The van der Waals surface area contributed by atoms with Crippen LogP contribution in [-0.4, -0.2) is 18.4 Å². The molecule has 1 aromatic carbocycles. The second-order valence-corrected chi connectivity index (χ2v) is 7.82. The minimum atomic E-state index is -0.442. The quantitative estimate of drug-likeness (QED) is 0.684. The van der Waals surface area contributed by atoms with Gasteiger partial charge in [-0.15, -0.1) is 0 Å². The highest BCUT2D eigenvalue weighted by molar-refractivity contribution is 5.93. The molecule has 4 bridgehead atoms. The summed E-state index contributed by atoms with van der Waals surface area (Å²) in [6, 6.07) is 6.59. The van der Waals surface area contributed by atoms with Crippen molar-refractivity contribution in [2.24, 2.45) is 23.2 Å². The number of esters is 1. The number of Topliss-reactive ketones (excluding diaryl/α,β-unsaturated/α-hetero) is 1. The van der Waals surface area contributed by atoms with Crippen molar-refractivity contribution in [2.75, 3.05) is 12.3 Å². The molecule has 0 unspecified atom stereocenters. The first-order chi connectivity index (χ1) is 11.0. The summed E-state index contributed by atoms with van der Waals surface area (Å²) < 4.78 is 5.29. The molecule has 0 spiro atoms. The first-order valence-electron chi connectivity index (χ1n) is 8.60.